The smallest absolute Gasteiger partial charge is 0.263 e. The molecule has 2 aliphatic rings. The van der Waals surface area contributed by atoms with E-state index in [-0.39, 0.29) is 12.0 Å². The van der Waals surface area contributed by atoms with Crippen molar-refractivity contribution in [3.8, 4) is 5.75 Å². The van der Waals surface area contributed by atoms with Crippen LogP contribution in [0.2, 0.25) is 0 Å². The number of carbonyl (C=O) groups is 1. The number of amides is 1. The third-order valence-electron chi connectivity index (χ3n) is 5.25. The monoisotopic (exact) mass is 351 g/mol. The van der Waals surface area contributed by atoms with E-state index >= 15 is 0 Å². The second-order valence-electron chi connectivity index (χ2n) is 7.06. The Morgan fingerprint density at radius 3 is 2.81 bits per heavy atom. The second-order valence-corrected chi connectivity index (χ2v) is 7.06. The lowest BCUT2D eigenvalue weighted by atomic mass is 10.0. The van der Waals surface area contributed by atoms with E-state index in [1.165, 1.54) is 11.1 Å². The van der Waals surface area contributed by atoms with E-state index in [9.17, 15) is 4.79 Å². The standard InChI is InChI=1S/C21H25N3O2/c25-21(20-7-6-18-4-1-2-5-19(18)26-20)24-13-3-12-23(14-15-24)16-17-8-10-22-11-9-17/h1-2,4-5,8-11,20H,3,6-7,12-16H2. The van der Waals surface area contributed by atoms with E-state index in [4.69, 9.17) is 4.74 Å². The average molecular weight is 351 g/mol. The zero-order valence-corrected chi connectivity index (χ0v) is 15.0. The summed E-state index contributed by atoms with van der Waals surface area (Å²) in [5.74, 6) is 1.01. The number of benzene rings is 1. The van der Waals surface area contributed by atoms with Gasteiger partial charge in [-0.05, 0) is 48.6 Å². The van der Waals surface area contributed by atoms with Gasteiger partial charge in [-0.25, -0.2) is 0 Å². The summed E-state index contributed by atoms with van der Waals surface area (Å²) >= 11 is 0. The highest BCUT2D eigenvalue weighted by Crippen LogP contribution is 2.28. The number of ether oxygens (including phenoxy) is 1. The molecule has 0 spiro atoms. The van der Waals surface area contributed by atoms with Gasteiger partial charge in [-0.1, -0.05) is 18.2 Å². The van der Waals surface area contributed by atoms with Crippen LogP contribution in [0.1, 0.15) is 24.0 Å². The number of rotatable bonds is 3. The molecule has 1 fully saturated rings. The van der Waals surface area contributed by atoms with Crippen LogP contribution in [0.25, 0.3) is 0 Å². The Morgan fingerprint density at radius 2 is 1.92 bits per heavy atom. The number of carbonyl (C=O) groups excluding carboxylic acids is 1. The Morgan fingerprint density at radius 1 is 1.08 bits per heavy atom. The molecule has 26 heavy (non-hydrogen) atoms. The van der Waals surface area contributed by atoms with Gasteiger partial charge in [0.1, 0.15) is 5.75 Å². The first kappa shape index (κ1) is 17.0. The van der Waals surface area contributed by atoms with Gasteiger partial charge in [0.05, 0.1) is 0 Å². The van der Waals surface area contributed by atoms with E-state index < -0.39 is 0 Å². The maximum atomic E-state index is 13.0. The molecular weight excluding hydrogens is 326 g/mol. The van der Waals surface area contributed by atoms with E-state index in [2.05, 4.69) is 28.1 Å². The fourth-order valence-corrected chi connectivity index (χ4v) is 3.80. The van der Waals surface area contributed by atoms with Crippen molar-refractivity contribution in [2.45, 2.75) is 31.9 Å². The van der Waals surface area contributed by atoms with Gasteiger partial charge >= 0.3 is 0 Å². The molecule has 1 aromatic carbocycles. The largest absolute Gasteiger partial charge is 0.480 e. The Kier molecular flexibility index (Phi) is 5.16. The van der Waals surface area contributed by atoms with Gasteiger partial charge < -0.3 is 9.64 Å². The highest BCUT2D eigenvalue weighted by atomic mass is 16.5. The Hall–Kier alpha value is -2.40. The van der Waals surface area contributed by atoms with Crippen molar-refractivity contribution >= 4 is 5.91 Å². The van der Waals surface area contributed by atoms with Crippen LogP contribution < -0.4 is 4.74 Å². The van der Waals surface area contributed by atoms with Crippen molar-refractivity contribution in [2.75, 3.05) is 26.2 Å². The van der Waals surface area contributed by atoms with Crippen molar-refractivity contribution in [3.63, 3.8) is 0 Å². The van der Waals surface area contributed by atoms with Gasteiger partial charge in [-0.3, -0.25) is 14.7 Å². The van der Waals surface area contributed by atoms with Crippen LogP contribution in [0.5, 0.6) is 5.75 Å². The van der Waals surface area contributed by atoms with Gasteiger partial charge in [-0.15, -0.1) is 0 Å². The zero-order valence-electron chi connectivity index (χ0n) is 15.0. The van der Waals surface area contributed by atoms with Gasteiger partial charge in [0.2, 0.25) is 0 Å². The van der Waals surface area contributed by atoms with Crippen LogP contribution in [0.15, 0.2) is 48.8 Å². The van der Waals surface area contributed by atoms with Gasteiger partial charge in [-0.2, -0.15) is 0 Å². The molecule has 5 heteroatoms. The van der Waals surface area contributed by atoms with E-state index in [0.717, 1.165) is 57.7 Å². The molecule has 1 saturated heterocycles. The summed E-state index contributed by atoms with van der Waals surface area (Å²) in [4.78, 5) is 21.4. The van der Waals surface area contributed by atoms with Crippen LogP contribution in [0.3, 0.4) is 0 Å². The lowest BCUT2D eigenvalue weighted by Gasteiger charge is -2.30. The summed E-state index contributed by atoms with van der Waals surface area (Å²) < 4.78 is 6.00. The summed E-state index contributed by atoms with van der Waals surface area (Å²) in [6.45, 7) is 4.41. The molecule has 1 aromatic heterocycles. The molecule has 1 amide bonds. The molecule has 0 aliphatic carbocycles. The number of fused-ring (bicyclic) bond motifs is 1. The predicted molar refractivity (Wildman–Crippen MR) is 99.9 cm³/mol. The molecule has 0 bridgehead atoms. The maximum Gasteiger partial charge on any atom is 0.263 e. The average Bonchev–Trinajstić information content (AvgIpc) is 2.93. The summed E-state index contributed by atoms with van der Waals surface area (Å²) in [6, 6.07) is 12.2. The molecule has 1 unspecified atom stereocenters. The highest BCUT2D eigenvalue weighted by Gasteiger charge is 2.30. The Labute approximate surface area is 154 Å². The molecule has 1 atom stereocenters. The SMILES string of the molecule is O=C(C1CCc2ccccc2O1)N1CCCN(Cc2ccncc2)CC1. The molecule has 2 aromatic rings. The molecule has 136 valence electrons. The van der Waals surface area contributed by atoms with Crippen molar-refractivity contribution in [3.05, 3.63) is 59.9 Å². The van der Waals surface area contributed by atoms with Crippen LogP contribution in [0.4, 0.5) is 0 Å². The minimum absolute atomic E-state index is 0.144. The molecule has 0 N–H and O–H groups in total. The molecule has 3 heterocycles. The second kappa shape index (κ2) is 7.87. The number of nitrogens with zero attached hydrogens (tertiary/aromatic N) is 3. The van der Waals surface area contributed by atoms with Gasteiger partial charge in [0.15, 0.2) is 6.10 Å². The molecular formula is C21H25N3O2. The number of aryl methyl sites for hydroxylation is 1. The number of para-hydroxylation sites is 1. The van der Waals surface area contributed by atoms with Crippen LogP contribution in [-0.2, 0) is 17.8 Å². The maximum absolute atomic E-state index is 13.0. The van der Waals surface area contributed by atoms with Crippen molar-refractivity contribution in [2.24, 2.45) is 0 Å². The van der Waals surface area contributed by atoms with Crippen LogP contribution >= 0.6 is 0 Å². The number of aromatic nitrogens is 1. The van der Waals surface area contributed by atoms with E-state index in [0.29, 0.717) is 0 Å². The summed E-state index contributed by atoms with van der Waals surface area (Å²) in [6.07, 6.45) is 6.02. The fraction of sp³-hybridized carbons (Fsp3) is 0.429. The first-order valence-corrected chi connectivity index (χ1v) is 9.44. The topological polar surface area (TPSA) is 45.7 Å². The highest BCUT2D eigenvalue weighted by molar-refractivity contribution is 5.81. The predicted octanol–water partition coefficient (Wildman–Crippen LogP) is 2.51. The molecule has 2 aliphatic heterocycles. The first-order chi connectivity index (χ1) is 12.8. The van der Waals surface area contributed by atoms with Crippen molar-refractivity contribution < 1.29 is 9.53 Å². The summed E-state index contributed by atoms with van der Waals surface area (Å²) in [5.41, 5.74) is 2.47. The Bertz CT molecular complexity index is 750. The number of hydrogen-bond acceptors (Lipinski definition) is 4. The molecule has 0 radical (unpaired) electrons. The van der Waals surface area contributed by atoms with Gasteiger partial charge in [0, 0.05) is 45.1 Å². The number of pyridine rings is 1. The van der Waals surface area contributed by atoms with E-state index in [1.807, 2.05) is 35.5 Å². The van der Waals surface area contributed by atoms with Crippen molar-refractivity contribution in [1.82, 2.24) is 14.8 Å². The quantitative estimate of drug-likeness (QED) is 0.852. The minimum Gasteiger partial charge on any atom is -0.480 e. The Balaban J connectivity index is 1.35. The van der Waals surface area contributed by atoms with Gasteiger partial charge in [0.25, 0.3) is 5.91 Å². The summed E-state index contributed by atoms with van der Waals surface area (Å²) in [7, 11) is 0. The normalized spacial score (nSPS) is 20.8. The summed E-state index contributed by atoms with van der Waals surface area (Å²) in [5, 5.41) is 0. The minimum atomic E-state index is -0.336. The third-order valence-corrected chi connectivity index (χ3v) is 5.25. The molecule has 4 rings (SSSR count). The van der Waals surface area contributed by atoms with E-state index in [1.54, 1.807) is 0 Å². The fourth-order valence-electron chi connectivity index (χ4n) is 3.80. The molecule has 0 saturated carbocycles. The van der Waals surface area contributed by atoms with Crippen LogP contribution in [0, 0.1) is 0 Å². The third kappa shape index (κ3) is 3.88. The first-order valence-electron chi connectivity index (χ1n) is 9.44. The number of hydrogen-bond donors (Lipinski definition) is 0. The zero-order chi connectivity index (χ0) is 17.8. The lowest BCUT2D eigenvalue weighted by molar-refractivity contribution is -0.139. The van der Waals surface area contributed by atoms with Crippen molar-refractivity contribution in [1.29, 1.82) is 0 Å². The lowest BCUT2D eigenvalue weighted by Crippen LogP contribution is -2.45. The molecule has 5 nitrogen and oxygen atoms in total. The van der Waals surface area contributed by atoms with Crippen LogP contribution in [-0.4, -0.2) is 53.0 Å².